The molecule has 0 aromatic carbocycles. The van der Waals surface area contributed by atoms with Gasteiger partial charge in [-0.15, -0.1) is 0 Å². The Hall–Kier alpha value is -1.15. The number of amides is 2. The number of likely N-dealkylation sites (N-methyl/N-ethyl adjacent to an activating group) is 2. The molecule has 0 saturated carbocycles. The smallest absolute Gasteiger partial charge is 0.242 e. The van der Waals surface area contributed by atoms with Crippen LogP contribution < -0.4 is 0 Å². The van der Waals surface area contributed by atoms with E-state index in [1.165, 1.54) is 9.21 Å². The fraction of sp³-hybridized carbons (Fsp3) is 0.875. The Bertz CT molecular complexity index is 531. The monoisotopic (exact) mass is 361 g/mol. The summed E-state index contributed by atoms with van der Waals surface area (Å²) in [4.78, 5) is 27.8. The zero-order valence-electron chi connectivity index (χ0n) is 15.3. The third kappa shape index (κ3) is 5.44. The van der Waals surface area contributed by atoms with Crippen molar-refractivity contribution in [1.29, 1.82) is 0 Å². The second kappa shape index (κ2) is 9.36. The number of carbonyl (C=O) groups is 2. The maximum Gasteiger partial charge on any atom is 0.242 e. The highest BCUT2D eigenvalue weighted by atomic mass is 32.2. The summed E-state index contributed by atoms with van der Waals surface area (Å²) in [6, 6.07) is 0. The van der Waals surface area contributed by atoms with Gasteiger partial charge in [0.2, 0.25) is 21.8 Å². The van der Waals surface area contributed by atoms with Crippen LogP contribution in [-0.2, 0) is 19.6 Å². The lowest BCUT2D eigenvalue weighted by Gasteiger charge is -2.33. The first kappa shape index (κ1) is 20.9. The van der Waals surface area contributed by atoms with Crippen LogP contribution in [0.5, 0.6) is 0 Å². The molecule has 0 N–H and O–H groups in total. The number of nitrogens with zero attached hydrogens (tertiary/aromatic N) is 3. The molecule has 1 aliphatic rings. The maximum atomic E-state index is 12.6. The average Bonchev–Trinajstić information content (AvgIpc) is 2.55. The van der Waals surface area contributed by atoms with E-state index in [1.54, 1.807) is 11.9 Å². The third-order valence-electron chi connectivity index (χ3n) is 4.45. The fourth-order valence-corrected chi connectivity index (χ4v) is 4.64. The second-order valence-corrected chi connectivity index (χ2v) is 8.36. The van der Waals surface area contributed by atoms with Gasteiger partial charge in [0.15, 0.2) is 0 Å². The summed E-state index contributed by atoms with van der Waals surface area (Å²) in [5.74, 6) is -0.474. The van der Waals surface area contributed by atoms with E-state index < -0.39 is 10.0 Å². The minimum absolute atomic E-state index is 0.0404. The molecular weight excluding hydrogens is 330 g/mol. The molecule has 0 spiro atoms. The van der Waals surface area contributed by atoms with Crippen molar-refractivity contribution in [2.24, 2.45) is 5.92 Å². The Morgan fingerprint density at radius 1 is 1.17 bits per heavy atom. The van der Waals surface area contributed by atoms with Gasteiger partial charge in [-0.05, 0) is 33.1 Å². The average molecular weight is 362 g/mol. The van der Waals surface area contributed by atoms with Gasteiger partial charge >= 0.3 is 0 Å². The molecule has 24 heavy (non-hydrogen) atoms. The van der Waals surface area contributed by atoms with Crippen LogP contribution in [0.1, 0.15) is 40.0 Å². The Kier molecular flexibility index (Phi) is 8.15. The van der Waals surface area contributed by atoms with Crippen LogP contribution in [0.25, 0.3) is 0 Å². The van der Waals surface area contributed by atoms with Gasteiger partial charge in [-0.1, -0.05) is 6.92 Å². The summed E-state index contributed by atoms with van der Waals surface area (Å²) in [5, 5.41) is 0. The van der Waals surface area contributed by atoms with E-state index in [2.05, 4.69) is 0 Å². The summed E-state index contributed by atoms with van der Waals surface area (Å²) >= 11 is 0. The van der Waals surface area contributed by atoms with Crippen LogP contribution in [-0.4, -0.2) is 79.9 Å². The highest BCUT2D eigenvalue weighted by Crippen LogP contribution is 2.21. The summed E-state index contributed by atoms with van der Waals surface area (Å²) in [6.45, 7) is 7.62. The van der Waals surface area contributed by atoms with E-state index in [9.17, 15) is 18.0 Å². The van der Waals surface area contributed by atoms with E-state index >= 15 is 0 Å². The molecule has 0 aromatic heterocycles. The van der Waals surface area contributed by atoms with Crippen LogP contribution >= 0.6 is 0 Å². The summed E-state index contributed by atoms with van der Waals surface area (Å²) in [5.41, 5.74) is 0. The van der Waals surface area contributed by atoms with Gasteiger partial charge in [0.05, 0.1) is 18.2 Å². The second-order valence-electron chi connectivity index (χ2n) is 6.27. The topological polar surface area (TPSA) is 78.0 Å². The van der Waals surface area contributed by atoms with Crippen LogP contribution in [0.2, 0.25) is 0 Å². The molecule has 140 valence electrons. The molecule has 1 fully saturated rings. The Balaban J connectivity index is 2.68. The van der Waals surface area contributed by atoms with Crippen molar-refractivity contribution in [2.45, 2.75) is 40.0 Å². The number of piperidine rings is 1. The Labute approximate surface area is 146 Å². The molecule has 1 rings (SSSR count). The number of hydrogen-bond donors (Lipinski definition) is 0. The van der Waals surface area contributed by atoms with Crippen molar-refractivity contribution in [1.82, 2.24) is 14.1 Å². The SMILES string of the molecule is CCCS(=O)(=O)N1CCCC(C(=O)N(C)CC(=O)N(CC)CC)C1. The molecule has 0 radical (unpaired) electrons. The van der Waals surface area contributed by atoms with Crippen molar-refractivity contribution in [3.05, 3.63) is 0 Å². The molecule has 8 heteroatoms. The first-order chi connectivity index (χ1) is 11.3. The molecule has 1 aliphatic heterocycles. The molecule has 1 saturated heterocycles. The minimum Gasteiger partial charge on any atom is -0.342 e. The van der Waals surface area contributed by atoms with Crippen LogP contribution in [0.3, 0.4) is 0 Å². The van der Waals surface area contributed by atoms with E-state index in [1.807, 2.05) is 20.8 Å². The zero-order valence-corrected chi connectivity index (χ0v) is 16.1. The van der Waals surface area contributed by atoms with E-state index in [4.69, 9.17) is 0 Å². The Morgan fingerprint density at radius 3 is 2.33 bits per heavy atom. The third-order valence-corrected chi connectivity index (χ3v) is 6.50. The highest BCUT2D eigenvalue weighted by Gasteiger charge is 2.33. The predicted molar refractivity (Wildman–Crippen MR) is 93.9 cm³/mol. The maximum absolute atomic E-state index is 12.6. The zero-order chi connectivity index (χ0) is 18.3. The predicted octanol–water partition coefficient (Wildman–Crippen LogP) is 0.765. The Morgan fingerprint density at radius 2 is 1.79 bits per heavy atom. The minimum atomic E-state index is -3.28. The standard InChI is InChI=1S/C16H31N3O4S/c1-5-11-24(22,23)19-10-8-9-14(12-19)16(21)17(4)13-15(20)18(6-2)7-3/h14H,5-13H2,1-4H3. The van der Waals surface area contributed by atoms with E-state index in [0.717, 1.165) is 0 Å². The van der Waals surface area contributed by atoms with Gasteiger partial charge in [-0.2, -0.15) is 0 Å². The quantitative estimate of drug-likeness (QED) is 0.640. The highest BCUT2D eigenvalue weighted by molar-refractivity contribution is 7.89. The summed E-state index contributed by atoms with van der Waals surface area (Å²) < 4.78 is 25.9. The lowest BCUT2D eigenvalue weighted by Crippen LogP contribution is -2.48. The fourth-order valence-electron chi connectivity index (χ4n) is 3.05. The molecule has 2 amide bonds. The summed E-state index contributed by atoms with van der Waals surface area (Å²) in [7, 11) is -1.67. The van der Waals surface area contributed by atoms with Gasteiger partial charge in [-0.25, -0.2) is 12.7 Å². The summed E-state index contributed by atoms with van der Waals surface area (Å²) in [6.07, 6.45) is 1.91. The molecular formula is C16H31N3O4S. The molecule has 0 aromatic rings. The van der Waals surface area contributed by atoms with Gasteiger partial charge in [-0.3, -0.25) is 9.59 Å². The van der Waals surface area contributed by atoms with Crippen LogP contribution in [0.4, 0.5) is 0 Å². The van der Waals surface area contributed by atoms with Crippen molar-refractivity contribution >= 4 is 21.8 Å². The van der Waals surface area contributed by atoms with Crippen molar-refractivity contribution in [3.63, 3.8) is 0 Å². The number of carbonyl (C=O) groups excluding carboxylic acids is 2. The van der Waals surface area contributed by atoms with E-state index in [-0.39, 0.29) is 36.6 Å². The first-order valence-electron chi connectivity index (χ1n) is 8.77. The number of sulfonamides is 1. The van der Waals surface area contributed by atoms with Gasteiger partial charge in [0, 0.05) is 33.2 Å². The van der Waals surface area contributed by atoms with Gasteiger partial charge in [0.1, 0.15) is 0 Å². The molecule has 1 atom stereocenters. The van der Waals surface area contributed by atoms with Crippen LogP contribution in [0, 0.1) is 5.92 Å². The van der Waals surface area contributed by atoms with Crippen molar-refractivity contribution in [2.75, 3.05) is 45.5 Å². The molecule has 1 heterocycles. The number of hydrogen-bond acceptors (Lipinski definition) is 4. The normalized spacial score (nSPS) is 19.1. The van der Waals surface area contributed by atoms with Gasteiger partial charge in [0.25, 0.3) is 0 Å². The lowest BCUT2D eigenvalue weighted by atomic mass is 9.98. The van der Waals surface area contributed by atoms with Crippen molar-refractivity contribution < 1.29 is 18.0 Å². The lowest BCUT2D eigenvalue weighted by molar-refractivity contribution is -0.142. The largest absolute Gasteiger partial charge is 0.342 e. The van der Waals surface area contributed by atoms with Gasteiger partial charge < -0.3 is 9.80 Å². The molecule has 1 unspecified atom stereocenters. The first-order valence-corrected chi connectivity index (χ1v) is 10.4. The van der Waals surface area contributed by atoms with Crippen LogP contribution in [0.15, 0.2) is 0 Å². The molecule has 0 bridgehead atoms. The molecule has 0 aliphatic carbocycles. The molecule has 7 nitrogen and oxygen atoms in total. The van der Waals surface area contributed by atoms with E-state index in [0.29, 0.717) is 38.9 Å². The number of rotatable bonds is 8. The van der Waals surface area contributed by atoms with Crippen molar-refractivity contribution in [3.8, 4) is 0 Å².